The van der Waals surface area contributed by atoms with E-state index in [1.54, 1.807) is 0 Å². The van der Waals surface area contributed by atoms with Crippen molar-refractivity contribution >= 4 is 5.91 Å². The fourth-order valence-corrected chi connectivity index (χ4v) is 4.42. The molecule has 3 heteroatoms. The first-order chi connectivity index (χ1) is 14.7. The molecule has 1 atom stereocenters. The Morgan fingerprint density at radius 1 is 0.900 bits per heavy atom. The maximum Gasteiger partial charge on any atom is 0.222 e. The van der Waals surface area contributed by atoms with E-state index < -0.39 is 0 Å². The molecule has 1 amide bonds. The Morgan fingerprint density at radius 3 is 2.23 bits per heavy atom. The highest BCUT2D eigenvalue weighted by molar-refractivity contribution is 5.76. The maximum atomic E-state index is 12.9. The largest absolute Gasteiger partial charge is 0.336 e. The second-order valence-electron chi connectivity index (χ2n) is 8.03. The van der Waals surface area contributed by atoms with Crippen LogP contribution in [0.4, 0.5) is 0 Å². The van der Waals surface area contributed by atoms with Gasteiger partial charge in [0.25, 0.3) is 0 Å². The first-order valence-corrected chi connectivity index (χ1v) is 10.9. The van der Waals surface area contributed by atoms with Crippen molar-refractivity contribution < 1.29 is 4.79 Å². The van der Waals surface area contributed by atoms with Crippen LogP contribution in [-0.4, -0.2) is 28.8 Å². The number of carbonyl (C=O) groups is 1. The lowest BCUT2D eigenvalue weighted by molar-refractivity contribution is -0.132. The molecular weight excluding hydrogens is 368 g/mol. The zero-order valence-electron chi connectivity index (χ0n) is 17.7. The molecule has 4 rings (SSSR count). The fourth-order valence-electron chi connectivity index (χ4n) is 4.42. The summed E-state index contributed by atoms with van der Waals surface area (Å²) in [5.74, 6) is 0.210. The molecule has 0 aliphatic carbocycles. The normalized spacial score (nSPS) is 16.1. The van der Waals surface area contributed by atoms with Gasteiger partial charge in [-0.2, -0.15) is 0 Å². The highest BCUT2D eigenvalue weighted by atomic mass is 16.2. The summed E-state index contributed by atoms with van der Waals surface area (Å²) in [6, 6.07) is 29.9. The van der Waals surface area contributed by atoms with E-state index in [1.165, 1.54) is 22.3 Å². The smallest absolute Gasteiger partial charge is 0.222 e. The molecule has 0 spiro atoms. The third-order valence-corrected chi connectivity index (χ3v) is 6.02. The minimum atomic E-state index is 0.203. The van der Waals surface area contributed by atoms with Crippen LogP contribution >= 0.6 is 0 Å². The van der Waals surface area contributed by atoms with Gasteiger partial charge in [0, 0.05) is 32.6 Å². The molecule has 0 saturated carbocycles. The van der Waals surface area contributed by atoms with E-state index in [4.69, 9.17) is 0 Å². The van der Waals surface area contributed by atoms with Crippen LogP contribution < -0.4 is 0 Å². The van der Waals surface area contributed by atoms with E-state index in [2.05, 4.69) is 71.6 Å². The number of nitrogens with zero attached hydrogens (tertiary/aromatic N) is 2. The van der Waals surface area contributed by atoms with E-state index in [-0.39, 0.29) is 11.9 Å². The van der Waals surface area contributed by atoms with Gasteiger partial charge in [-0.15, -0.1) is 0 Å². The second kappa shape index (κ2) is 9.73. The average Bonchev–Trinajstić information content (AvgIpc) is 2.80. The molecule has 0 aromatic heterocycles. The van der Waals surface area contributed by atoms with Gasteiger partial charge < -0.3 is 4.90 Å². The lowest BCUT2D eigenvalue weighted by atomic mass is 9.91. The second-order valence-corrected chi connectivity index (χ2v) is 8.03. The molecule has 0 N–H and O–H groups in total. The van der Waals surface area contributed by atoms with Crippen molar-refractivity contribution in [2.75, 3.05) is 13.1 Å². The lowest BCUT2D eigenvalue weighted by Gasteiger charge is -2.40. The number of hydrogen-bond donors (Lipinski definition) is 0. The molecule has 0 saturated heterocycles. The van der Waals surface area contributed by atoms with Crippen molar-refractivity contribution in [1.82, 2.24) is 9.80 Å². The minimum Gasteiger partial charge on any atom is -0.336 e. The van der Waals surface area contributed by atoms with Crippen molar-refractivity contribution in [3.63, 3.8) is 0 Å². The molecule has 3 aromatic rings. The molecular formula is C27H30N2O. The topological polar surface area (TPSA) is 23.6 Å². The van der Waals surface area contributed by atoms with Crippen molar-refractivity contribution in [2.24, 2.45) is 0 Å². The number of rotatable bonds is 7. The van der Waals surface area contributed by atoms with Gasteiger partial charge in [0.05, 0.1) is 6.04 Å². The number of fused-ring (bicyclic) bond motifs is 1. The van der Waals surface area contributed by atoms with E-state index in [0.717, 1.165) is 19.5 Å². The van der Waals surface area contributed by atoms with E-state index in [1.807, 2.05) is 30.0 Å². The third kappa shape index (κ3) is 4.80. The molecule has 3 aromatic carbocycles. The van der Waals surface area contributed by atoms with Crippen LogP contribution in [0.15, 0.2) is 84.9 Å². The molecule has 30 heavy (non-hydrogen) atoms. The van der Waals surface area contributed by atoms with Crippen molar-refractivity contribution in [3.8, 4) is 0 Å². The summed E-state index contributed by atoms with van der Waals surface area (Å²) in [6.45, 7) is 5.24. The monoisotopic (exact) mass is 398 g/mol. The Hall–Kier alpha value is -2.91. The first-order valence-electron chi connectivity index (χ1n) is 10.9. The zero-order chi connectivity index (χ0) is 20.8. The summed E-state index contributed by atoms with van der Waals surface area (Å²) in [7, 11) is 0. The molecule has 0 radical (unpaired) electrons. The summed E-state index contributed by atoms with van der Waals surface area (Å²) in [5.41, 5.74) is 5.27. The fraction of sp³-hybridized carbons (Fsp3) is 0.296. The van der Waals surface area contributed by atoms with Gasteiger partial charge in [-0.1, -0.05) is 91.9 Å². The molecule has 154 valence electrons. The Balaban J connectivity index is 1.62. The molecule has 1 heterocycles. The summed E-state index contributed by atoms with van der Waals surface area (Å²) in [5, 5.41) is 0. The third-order valence-electron chi connectivity index (χ3n) is 6.02. The number of benzene rings is 3. The van der Waals surface area contributed by atoms with Crippen LogP contribution in [0.3, 0.4) is 0 Å². The zero-order valence-corrected chi connectivity index (χ0v) is 17.7. The Labute approximate surface area is 180 Å². The number of hydrogen-bond acceptors (Lipinski definition) is 2. The summed E-state index contributed by atoms with van der Waals surface area (Å²) in [6.07, 6.45) is 1.58. The highest BCUT2D eigenvalue weighted by Gasteiger charge is 2.30. The maximum absolute atomic E-state index is 12.9. The van der Waals surface area contributed by atoms with Crippen molar-refractivity contribution in [1.29, 1.82) is 0 Å². The minimum absolute atomic E-state index is 0.203. The van der Waals surface area contributed by atoms with Crippen LogP contribution in [0, 0.1) is 0 Å². The van der Waals surface area contributed by atoms with Gasteiger partial charge in [0.2, 0.25) is 5.91 Å². The van der Waals surface area contributed by atoms with Crippen molar-refractivity contribution in [3.05, 3.63) is 107 Å². The van der Waals surface area contributed by atoms with E-state index in [0.29, 0.717) is 19.5 Å². The van der Waals surface area contributed by atoms with Crippen LogP contribution in [-0.2, 0) is 24.3 Å². The Bertz CT molecular complexity index is 955. The van der Waals surface area contributed by atoms with Crippen LogP contribution in [0.2, 0.25) is 0 Å². The molecule has 3 nitrogen and oxygen atoms in total. The van der Waals surface area contributed by atoms with Crippen molar-refractivity contribution in [2.45, 2.75) is 38.9 Å². The molecule has 0 bridgehead atoms. The van der Waals surface area contributed by atoms with Gasteiger partial charge in [-0.3, -0.25) is 9.69 Å². The SMILES string of the molecule is CCC(=O)N(Cc1ccccc1)CC1c2ccccc2CCN1Cc1ccccc1. The standard InChI is InChI=1S/C27H30N2O/c1-2-27(30)29(20-23-13-7-4-8-14-23)21-26-25-16-10-9-15-24(25)17-18-28(26)19-22-11-5-3-6-12-22/h3-16,26H,2,17-21H2,1H3. The lowest BCUT2D eigenvalue weighted by Crippen LogP contribution is -2.43. The Morgan fingerprint density at radius 2 is 1.53 bits per heavy atom. The molecule has 1 aliphatic rings. The van der Waals surface area contributed by atoms with E-state index in [9.17, 15) is 4.79 Å². The Kier molecular flexibility index (Phi) is 6.60. The highest BCUT2D eigenvalue weighted by Crippen LogP contribution is 2.32. The van der Waals surface area contributed by atoms with Gasteiger partial charge in [0.15, 0.2) is 0 Å². The van der Waals surface area contributed by atoms with Gasteiger partial charge in [0.1, 0.15) is 0 Å². The molecule has 0 fully saturated rings. The van der Waals surface area contributed by atoms with Gasteiger partial charge in [-0.05, 0) is 28.7 Å². The van der Waals surface area contributed by atoms with Crippen LogP contribution in [0.5, 0.6) is 0 Å². The van der Waals surface area contributed by atoms with E-state index >= 15 is 0 Å². The van der Waals surface area contributed by atoms with Crippen LogP contribution in [0.1, 0.15) is 41.6 Å². The number of carbonyl (C=O) groups excluding carboxylic acids is 1. The average molecular weight is 399 g/mol. The molecule has 1 aliphatic heterocycles. The quantitative estimate of drug-likeness (QED) is 0.544. The molecule has 1 unspecified atom stereocenters. The summed E-state index contributed by atoms with van der Waals surface area (Å²) in [4.78, 5) is 17.5. The summed E-state index contributed by atoms with van der Waals surface area (Å²) < 4.78 is 0. The predicted octanol–water partition coefficient (Wildman–Crippen LogP) is 5.22. The van der Waals surface area contributed by atoms with Crippen LogP contribution in [0.25, 0.3) is 0 Å². The predicted molar refractivity (Wildman–Crippen MR) is 122 cm³/mol. The van der Waals surface area contributed by atoms with Gasteiger partial charge in [-0.25, -0.2) is 0 Å². The first kappa shape index (κ1) is 20.4. The number of amides is 1. The summed E-state index contributed by atoms with van der Waals surface area (Å²) >= 11 is 0. The van der Waals surface area contributed by atoms with Gasteiger partial charge >= 0.3 is 0 Å².